The summed E-state index contributed by atoms with van der Waals surface area (Å²) in [7, 11) is 0. The number of pyridine rings is 2. The first-order valence-electron chi connectivity index (χ1n) is 14.5. The van der Waals surface area contributed by atoms with E-state index < -0.39 is 0 Å². The fourth-order valence-electron chi connectivity index (χ4n) is 6.02. The van der Waals surface area contributed by atoms with E-state index in [1.807, 2.05) is 36.7 Å². The monoisotopic (exact) mass is 549 g/mol. The molecule has 3 nitrogen and oxygen atoms in total. The third-order valence-corrected chi connectivity index (χ3v) is 8.08. The van der Waals surface area contributed by atoms with Crippen molar-refractivity contribution < 1.29 is 0 Å². The molecule has 0 bridgehead atoms. The second-order valence-electron chi connectivity index (χ2n) is 10.7. The van der Waals surface area contributed by atoms with Crippen LogP contribution in [-0.2, 0) is 0 Å². The molecule has 0 aliphatic carbocycles. The van der Waals surface area contributed by atoms with Gasteiger partial charge >= 0.3 is 0 Å². The van der Waals surface area contributed by atoms with Crippen LogP contribution in [0.4, 0.5) is 0 Å². The Hall–Kier alpha value is -5.80. The van der Waals surface area contributed by atoms with Crippen LogP contribution in [0.15, 0.2) is 164 Å². The Balaban J connectivity index is 1.42. The van der Waals surface area contributed by atoms with Gasteiger partial charge in [0.15, 0.2) is 0 Å². The first-order chi connectivity index (χ1) is 21.3. The van der Waals surface area contributed by atoms with Gasteiger partial charge in [0, 0.05) is 40.0 Å². The van der Waals surface area contributed by atoms with E-state index in [9.17, 15) is 0 Å². The molecule has 0 amide bonds. The molecule has 0 unspecified atom stereocenters. The Bertz CT molecular complexity index is 2050. The van der Waals surface area contributed by atoms with E-state index in [1.165, 1.54) is 33.0 Å². The van der Waals surface area contributed by atoms with Gasteiger partial charge in [-0.15, -0.1) is 0 Å². The van der Waals surface area contributed by atoms with Gasteiger partial charge in [-0.05, 0) is 89.0 Å². The molecule has 0 aliphatic rings. The lowest BCUT2D eigenvalue weighted by atomic mass is 10.0. The number of aromatic nitrogens is 3. The summed E-state index contributed by atoms with van der Waals surface area (Å²) >= 11 is 0. The minimum atomic E-state index is 0.931. The maximum atomic E-state index is 4.69. The van der Waals surface area contributed by atoms with Crippen molar-refractivity contribution >= 4 is 21.8 Å². The third kappa shape index (κ3) is 4.58. The Kier molecular flexibility index (Phi) is 6.12. The zero-order chi connectivity index (χ0) is 28.6. The van der Waals surface area contributed by atoms with Crippen LogP contribution >= 0.6 is 0 Å². The predicted molar refractivity (Wildman–Crippen MR) is 178 cm³/mol. The molecule has 0 atom stereocenters. The van der Waals surface area contributed by atoms with E-state index in [4.69, 9.17) is 9.97 Å². The smallest absolute Gasteiger partial charge is 0.0702 e. The summed E-state index contributed by atoms with van der Waals surface area (Å²) in [5, 5.41) is 2.44. The summed E-state index contributed by atoms with van der Waals surface area (Å²) in [5.41, 5.74) is 12.2. The van der Waals surface area contributed by atoms with E-state index in [0.717, 1.165) is 39.2 Å². The van der Waals surface area contributed by atoms with Crippen molar-refractivity contribution in [2.45, 2.75) is 0 Å². The quantitative estimate of drug-likeness (QED) is 0.214. The molecule has 0 aliphatic heterocycles. The molecule has 8 rings (SSSR count). The van der Waals surface area contributed by atoms with Gasteiger partial charge in [0.05, 0.1) is 22.4 Å². The molecule has 5 aromatic carbocycles. The molecule has 0 spiro atoms. The fourth-order valence-corrected chi connectivity index (χ4v) is 6.02. The van der Waals surface area contributed by atoms with E-state index in [2.05, 4.69) is 132 Å². The number of rotatable bonds is 5. The number of nitrogens with zero attached hydrogens (tertiary/aromatic N) is 3. The summed E-state index contributed by atoms with van der Waals surface area (Å²) < 4.78 is 2.38. The first kappa shape index (κ1) is 25.0. The molecule has 0 fully saturated rings. The molecular formula is C40H27N3. The summed E-state index contributed by atoms with van der Waals surface area (Å²) in [4.78, 5) is 9.38. The van der Waals surface area contributed by atoms with Crippen molar-refractivity contribution in [1.29, 1.82) is 0 Å². The Labute approximate surface area is 250 Å². The van der Waals surface area contributed by atoms with E-state index in [0.29, 0.717) is 0 Å². The van der Waals surface area contributed by atoms with Crippen molar-refractivity contribution in [3.63, 3.8) is 0 Å². The van der Waals surface area contributed by atoms with Gasteiger partial charge in [-0.3, -0.25) is 9.97 Å². The van der Waals surface area contributed by atoms with Crippen molar-refractivity contribution in [2.24, 2.45) is 0 Å². The highest BCUT2D eigenvalue weighted by Crippen LogP contribution is 2.39. The van der Waals surface area contributed by atoms with Crippen LogP contribution in [0.1, 0.15) is 0 Å². The average molecular weight is 550 g/mol. The van der Waals surface area contributed by atoms with Crippen LogP contribution in [0.2, 0.25) is 0 Å². The number of hydrogen-bond donors (Lipinski definition) is 0. The second-order valence-corrected chi connectivity index (χ2v) is 10.7. The molecule has 0 saturated heterocycles. The van der Waals surface area contributed by atoms with Crippen LogP contribution < -0.4 is 0 Å². The zero-order valence-electron chi connectivity index (χ0n) is 23.4. The lowest BCUT2D eigenvalue weighted by molar-refractivity contribution is 1.18. The fraction of sp³-hybridized carbons (Fsp3) is 0. The van der Waals surface area contributed by atoms with Crippen molar-refractivity contribution in [2.75, 3.05) is 0 Å². The van der Waals surface area contributed by atoms with Crippen LogP contribution in [0.5, 0.6) is 0 Å². The molecule has 43 heavy (non-hydrogen) atoms. The number of benzene rings is 5. The van der Waals surface area contributed by atoms with Gasteiger partial charge in [-0.25, -0.2) is 0 Å². The molecule has 0 saturated carbocycles. The van der Waals surface area contributed by atoms with Gasteiger partial charge in [-0.1, -0.05) is 84.9 Å². The van der Waals surface area contributed by atoms with Crippen molar-refractivity contribution in [1.82, 2.24) is 14.5 Å². The standard InChI is InChI=1S/C40H27N3/c1-3-11-28(12-4-1)30-17-19-39-35(26-30)36-27-31(29-13-5-2-6-14-29)18-20-40(36)43(39)34-24-32(37-15-7-9-21-41-37)23-33(25-34)38-16-8-10-22-42-38/h1-27H. The lowest BCUT2D eigenvalue weighted by Crippen LogP contribution is -1.97. The highest BCUT2D eigenvalue weighted by atomic mass is 15.0. The van der Waals surface area contributed by atoms with E-state index in [1.54, 1.807) is 0 Å². The maximum Gasteiger partial charge on any atom is 0.0702 e. The molecule has 3 aromatic heterocycles. The van der Waals surface area contributed by atoms with Crippen molar-refractivity contribution in [3.05, 3.63) is 164 Å². The van der Waals surface area contributed by atoms with E-state index in [-0.39, 0.29) is 0 Å². The predicted octanol–water partition coefficient (Wildman–Crippen LogP) is 10.2. The normalized spacial score (nSPS) is 11.3. The lowest BCUT2D eigenvalue weighted by Gasteiger charge is -2.13. The highest BCUT2D eigenvalue weighted by Gasteiger charge is 2.17. The van der Waals surface area contributed by atoms with E-state index >= 15 is 0 Å². The Morgan fingerprint density at radius 1 is 0.349 bits per heavy atom. The Morgan fingerprint density at radius 3 is 1.26 bits per heavy atom. The summed E-state index contributed by atoms with van der Waals surface area (Å²) in [5.74, 6) is 0. The molecule has 0 radical (unpaired) electrons. The van der Waals surface area contributed by atoms with Gasteiger partial charge in [0.2, 0.25) is 0 Å². The first-order valence-corrected chi connectivity index (χ1v) is 14.5. The van der Waals surface area contributed by atoms with Gasteiger partial charge in [0.25, 0.3) is 0 Å². The van der Waals surface area contributed by atoms with Crippen LogP contribution in [0, 0.1) is 0 Å². The topological polar surface area (TPSA) is 30.7 Å². The minimum Gasteiger partial charge on any atom is -0.309 e. The SMILES string of the molecule is c1ccc(-c2ccc3c(c2)c2cc(-c4ccccc4)ccc2n3-c2cc(-c3ccccn3)cc(-c3ccccn3)c2)cc1. The third-order valence-electron chi connectivity index (χ3n) is 8.08. The zero-order valence-corrected chi connectivity index (χ0v) is 23.4. The number of hydrogen-bond acceptors (Lipinski definition) is 2. The van der Waals surface area contributed by atoms with Crippen LogP contribution in [-0.4, -0.2) is 14.5 Å². The summed E-state index contributed by atoms with van der Waals surface area (Å²) in [6.07, 6.45) is 3.69. The molecule has 3 heteroatoms. The van der Waals surface area contributed by atoms with Gasteiger partial charge < -0.3 is 4.57 Å². The summed E-state index contributed by atoms with van der Waals surface area (Å²) in [6, 6.07) is 53.6. The minimum absolute atomic E-state index is 0.931. The van der Waals surface area contributed by atoms with Gasteiger partial charge in [-0.2, -0.15) is 0 Å². The highest BCUT2D eigenvalue weighted by molar-refractivity contribution is 6.11. The molecule has 202 valence electrons. The Morgan fingerprint density at radius 2 is 0.814 bits per heavy atom. The number of fused-ring (bicyclic) bond motifs is 3. The molecule has 3 heterocycles. The van der Waals surface area contributed by atoms with Crippen molar-refractivity contribution in [3.8, 4) is 50.5 Å². The largest absolute Gasteiger partial charge is 0.309 e. The second kappa shape index (κ2) is 10.6. The van der Waals surface area contributed by atoms with Gasteiger partial charge in [0.1, 0.15) is 0 Å². The summed E-state index contributed by atoms with van der Waals surface area (Å²) in [6.45, 7) is 0. The maximum absolute atomic E-state index is 4.69. The molecule has 8 aromatic rings. The molecule has 0 N–H and O–H groups in total. The average Bonchev–Trinajstić information content (AvgIpc) is 3.42. The van der Waals surface area contributed by atoms with Crippen LogP contribution in [0.3, 0.4) is 0 Å². The van der Waals surface area contributed by atoms with Crippen LogP contribution in [0.25, 0.3) is 72.3 Å². The molecular weight excluding hydrogens is 522 g/mol.